The molecular weight excluding hydrogens is 411 g/mol. The van der Waals surface area contributed by atoms with Crippen LogP contribution < -0.4 is 20.8 Å². The van der Waals surface area contributed by atoms with Crippen molar-refractivity contribution in [2.24, 2.45) is 5.73 Å². The van der Waals surface area contributed by atoms with Crippen LogP contribution in [-0.2, 0) is 0 Å². The van der Waals surface area contributed by atoms with Gasteiger partial charge in [0.25, 0.3) is 0 Å². The van der Waals surface area contributed by atoms with Crippen LogP contribution in [0.25, 0.3) is 11.0 Å². The molecule has 4 aromatic rings. The number of nitrogens with two attached hydrogens (primary N) is 1. The van der Waals surface area contributed by atoms with Crippen LogP contribution in [0.2, 0.25) is 0 Å². The second-order valence-corrected chi connectivity index (χ2v) is 7.16. The molecule has 0 bridgehead atoms. The van der Waals surface area contributed by atoms with E-state index in [1.807, 2.05) is 12.1 Å². The quantitative estimate of drug-likeness (QED) is 0.466. The van der Waals surface area contributed by atoms with Crippen LogP contribution in [0.15, 0.2) is 93.5 Å². The van der Waals surface area contributed by atoms with Crippen molar-refractivity contribution in [2.45, 2.75) is 5.92 Å². The first-order valence-corrected chi connectivity index (χ1v) is 9.72. The molecule has 7 heteroatoms. The summed E-state index contributed by atoms with van der Waals surface area (Å²) >= 11 is 0. The van der Waals surface area contributed by atoms with Crippen LogP contribution in [-0.4, -0.2) is 0 Å². The molecule has 0 saturated carbocycles. The van der Waals surface area contributed by atoms with Gasteiger partial charge in [0.2, 0.25) is 5.88 Å². The van der Waals surface area contributed by atoms with Gasteiger partial charge < -0.3 is 19.6 Å². The number of hydrogen-bond donors (Lipinski definition) is 1. The summed E-state index contributed by atoms with van der Waals surface area (Å²) in [7, 11) is 0. The Morgan fingerprint density at radius 3 is 2.56 bits per heavy atom. The standard InChI is InChI=1S/C25H15FN2O4/c26-18-11-10-14(12-20(18)30-15-6-2-1-3-7-15)21-17(13-27)24(28)32-23-16-8-4-5-9-19(16)31-25(29)22(21)23/h1-12,21H,28H2. The molecule has 3 aromatic carbocycles. The summed E-state index contributed by atoms with van der Waals surface area (Å²) in [5.74, 6) is -1.03. The van der Waals surface area contributed by atoms with Crippen LogP contribution in [0.3, 0.4) is 0 Å². The Morgan fingerprint density at radius 1 is 1.03 bits per heavy atom. The summed E-state index contributed by atoms with van der Waals surface area (Å²) in [5, 5.41) is 10.3. The van der Waals surface area contributed by atoms with Crippen molar-refractivity contribution in [2.75, 3.05) is 0 Å². The van der Waals surface area contributed by atoms with E-state index in [0.29, 0.717) is 22.3 Å². The largest absolute Gasteiger partial charge is 0.454 e. The van der Waals surface area contributed by atoms with Crippen molar-refractivity contribution in [3.8, 4) is 23.3 Å². The molecule has 32 heavy (non-hydrogen) atoms. The topological polar surface area (TPSA) is 98.5 Å². The van der Waals surface area contributed by atoms with Gasteiger partial charge >= 0.3 is 5.63 Å². The van der Waals surface area contributed by atoms with E-state index in [9.17, 15) is 14.4 Å². The van der Waals surface area contributed by atoms with E-state index in [4.69, 9.17) is 19.6 Å². The zero-order valence-corrected chi connectivity index (χ0v) is 16.5. The molecule has 0 saturated heterocycles. The Labute approximate surface area is 181 Å². The Hall–Kier alpha value is -4.57. The third-order valence-electron chi connectivity index (χ3n) is 5.23. The van der Waals surface area contributed by atoms with Gasteiger partial charge in [0.05, 0.1) is 16.9 Å². The number of nitriles is 1. The normalized spacial score (nSPS) is 15.1. The summed E-state index contributed by atoms with van der Waals surface area (Å²) < 4.78 is 31.4. The first kappa shape index (κ1) is 19.4. The molecule has 0 spiro atoms. The molecular formula is C25H15FN2O4. The van der Waals surface area contributed by atoms with Crippen molar-refractivity contribution >= 4 is 11.0 Å². The number of rotatable bonds is 3. The van der Waals surface area contributed by atoms with Crippen molar-refractivity contribution in [1.82, 2.24) is 0 Å². The van der Waals surface area contributed by atoms with E-state index in [2.05, 4.69) is 0 Å². The van der Waals surface area contributed by atoms with E-state index in [1.54, 1.807) is 48.5 Å². The molecule has 0 aliphatic carbocycles. The Kier molecular flexibility index (Phi) is 4.61. The summed E-state index contributed by atoms with van der Waals surface area (Å²) in [6.07, 6.45) is 0. The molecule has 2 N–H and O–H groups in total. The highest BCUT2D eigenvalue weighted by Gasteiger charge is 2.35. The predicted molar refractivity (Wildman–Crippen MR) is 115 cm³/mol. The maximum atomic E-state index is 14.5. The van der Waals surface area contributed by atoms with E-state index in [1.165, 1.54) is 18.2 Å². The summed E-state index contributed by atoms with van der Waals surface area (Å²) in [6.45, 7) is 0. The van der Waals surface area contributed by atoms with Crippen molar-refractivity contribution in [3.63, 3.8) is 0 Å². The SMILES string of the molecule is N#CC1=C(N)Oc2c(c(=O)oc3ccccc23)C1c1ccc(F)c(Oc2ccccc2)c1. The number of ether oxygens (including phenoxy) is 2. The number of halogens is 1. The van der Waals surface area contributed by atoms with Crippen molar-refractivity contribution in [3.05, 3.63) is 112 Å². The Morgan fingerprint density at radius 2 is 1.78 bits per heavy atom. The third-order valence-corrected chi connectivity index (χ3v) is 5.23. The van der Waals surface area contributed by atoms with Crippen LogP contribution in [0.5, 0.6) is 17.2 Å². The predicted octanol–water partition coefficient (Wildman–Crippen LogP) is 4.94. The molecule has 0 fully saturated rings. The van der Waals surface area contributed by atoms with Crippen LogP contribution in [0.4, 0.5) is 4.39 Å². The summed E-state index contributed by atoms with van der Waals surface area (Å²) in [5.41, 5.74) is 6.30. The van der Waals surface area contributed by atoms with Gasteiger partial charge in [0.1, 0.15) is 23.0 Å². The number of benzene rings is 3. The van der Waals surface area contributed by atoms with Gasteiger partial charge in [-0.2, -0.15) is 5.26 Å². The van der Waals surface area contributed by atoms with Crippen molar-refractivity contribution in [1.29, 1.82) is 5.26 Å². The molecule has 1 atom stereocenters. The van der Waals surface area contributed by atoms with Crippen LogP contribution in [0.1, 0.15) is 17.0 Å². The van der Waals surface area contributed by atoms with Gasteiger partial charge in [-0.3, -0.25) is 0 Å². The van der Waals surface area contributed by atoms with E-state index >= 15 is 0 Å². The molecule has 1 unspecified atom stereocenters. The minimum absolute atomic E-state index is 0.0253. The van der Waals surface area contributed by atoms with Crippen LogP contribution >= 0.6 is 0 Å². The third kappa shape index (κ3) is 3.15. The molecule has 1 aliphatic heterocycles. The maximum absolute atomic E-state index is 14.5. The molecule has 6 nitrogen and oxygen atoms in total. The fourth-order valence-electron chi connectivity index (χ4n) is 3.79. The lowest BCUT2D eigenvalue weighted by Gasteiger charge is -2.26. The lowest BCUT2D eigenvalue weighted by Crippen LogP contribution is -2.26. The number of nitrogens with zero attached hydrogens (tertiary/aromatic N) is 1. The minimum atomic E-state index is -0.914. The second-order valence-electron chi connectivity index (χ2n) is 7.16. The zero-order valence-electron chi connectivity index (χ0n) is 16.5. The molecule has 0 amide bonds. The summed E-state index contributed by atoms with van der Waals surface area (Å²) in [4.78, 5) is 12.9. The number of para-hydroxylation sites is 2. The fourth-order valence-corrected chi connectivity index (χ4v) is 3.79. The first-order valence-electron chi connectivity index (χ1n) is 9.72. The average Bonchev–Trinajstić information content (AvgIpc) is 2.80. The van der Waals surface area contributed by atoms with E-state index < -0.39 is 17.4 Å². The van der Waals surface area contributed by atoms with Crippen LogP contribution in [0, 0.1) is 17.1 Å². The van der Waals surface area contributed by atoms with Crippen molar-refractivity contribution < 1.29 is 18.3 Å². The monoisotopic (exact) mass is 426 g/mol. The molecule has 2 heterocycles. The van der Waals surface area contributed by atoms with Gasteiger partial charge in [-0.1, -0.05) is 36.4 Å². The highest BCUT2D eigenvalue weighted by atomic mass is 19.1. The minimum Gasteiger partial charge on any atom is -0.454 e. The van der Waals surface area contributed by atoms with E-state index in [0.717, 1.165) is 0 Å². The highest BCUT2D eigenvalue weighted by molar-refractivity contribution is 5.86. The van der Waals surface area contributed by atoms with Gasteiger partial charge in [0.15, 0.2) is 17.3 Å². The zero-order chi connectivity index (χ0) is 22.2. The molecule has 156 valence electrons. The van der Waals surface area contributed by atoms with E-state index in [-0.39, 0.29) is 28.5 Å². The number of fused-ring (bicyclic) bond motifs is 3. The second kappa shape index (κ2) is 7.60. The molecule has 0 radical (unpaired) electrons. The first-order chi connectivity index (χ1) is 15.6. The maximum Gasteiger partial charge on any atom is 0.344 e. The number of allylic oxidation sites excluding steroid dienone is 1. The Balaban J connectivity index is 1.72. The molecule has 1 aromatic heterocycles. The number of hydrogen-bond acceptors (Lipinski definition) is 6. The lowest BCUT2D eigenvalue weighted by molar-refractivity contribution is 0.387. The average molecular weight is 426 g/mol. The molecule has 5 rings (SSSR count). The smallest absolute Gasteiger partial charge is 0.344 e. The highest BCUT2D eigenvalue weighted by Crippen LogP contribution is 2.44. The molecule has 1 aliphatic rings. The fraction of sp³-hybridized carbons (Fsp3) is 0.0400. The van der Waals surface area contributed by atoms with Gasteiger partial charge in [0, 0.05) is 0 Å². The Bertz CT molecular complexity index is 1490. The lowest BCUT2D eigenvalue weighted by atomic mass is 9.83. The van der Waals surface area contributed by atoms with Gasteiger partial charge in [-0.25, -0.2) is 9.18 Å². The van der Waals surface area contributed by atoms with Gasteiger partial charge in [-0.05, 0) is 42.0 Å². The summed E-state index contributed by atoms with van der Waals surface area (Å²) in [6, 6.07) is 21.7. The van der Waals surface area contributed by atoms with Gasteiger partial charge in [-0.15, -0.1) is 0 Å².